The Hall–Kier alpha value is -5.05. The first-order valence-electron chi connectivity index (χ1n) is 12.7. The number of carbonyl (C=O) groups excluding carboxylic acids is 2. The van der Waals surface area contributed by atoms with Crippen LogP contribution in [0.4, 0.5) is 11.5 Å². The number of fused-ring (bicyclic) bond motifs is 2. The summed E-state index contributed by atoms with van der Waals surface area (Å²) in [6, 6.07) is 22.5. The lowest BCUT2D eigenvalue weighted by Gasteiger charge is -2.26. The largest absolute Gasteiger partial charge is 0.335 e. The van der Waals surface area contributed by atoms with Crippen LogP contribution in [-0.4, -0.2) is 31.4 Å². The van der Waals surface area contributed by atoms with Gasteiger partial charge < -0.3 is 10.6 Å². The average molecular weight is 519 g/mol. The first-order valence-corrected chi connectivity index (χ1v) is 12.7. The minimum Gasteiger partial charge on any atom is -0.325 e. The van der Waals surface area contributed by atoms with Gasteiger partial charge in [-0.3, -0.25) is 14.2 Å². The van der Waals surface area contributed by atoms with Gasteiger partial charge in [0.1, 0.15) is 18.2 Å². The van der Waals surface area contributed by atoms with Gasteiger partial charge in [-0.05, 0) is 66.4 Å². The summed E-state index contributed by atoms with van der Waals surface area (Å²) in [5, 5.41) is 5.68. The number of nitrogens with zero attached hydrogens (tertiary/aromatic N) is 4. The highest BCUT2D eigenvalue weighted by atomic mass is 16.2. The number of pyridine rings is 2. The second kappa shape index (κ2) is 9.68. The highest BCUT2D eigenvalue weighted by molar-refractivity contribution is 5.92. The predicted octanol–water partition coefficient (Wildman–Crippen LogP) is 3.85. The van der Waals surface area contributed by atoms with Gasteiger partial charge >= 0.3 is 5.69 Å². The maximum absolute atomic E-state index is 13.4. The summed E-state index contributed by atoms with van der Waals surface area (Å²) in [4.78, 5) is 46.3. The third-order valence-electron chi connectivity index (χ3n) is 7.32. The predicted molar refractivity (Wildman–Crippen MR) is 149 cm³/mol. The molecule has 0 saturated heterocycles. The van der Waals surface area contributed by atoms with Crippen LogP contribution in [0.2, 0.25) is 0 Å². The van der Waals surface area contributed by atoms with Gasteiger partial charge in [0, 0.05) is 29.1 Å². The van der Waals surface area contributed by atoms with Crippen molar-refractivity contribution in [1.82, 2.24) is 19.1 Å². The van der Waals surface area contributed by atoms with E-state index in [1.165, 1.54) is 14.7 Å². The SMILES string of the molecule is CC1(c2cccnc2NC=O)Cc2ccc(NC(=O)Cn3c(=O)n(-c4ccccn4)c4ccccc43)cc2C1. The molecule has 1 aliphatic rings. The monoisotopic (exact) mass is 518 g/mol. The van der Waals surface area contributed by atoms with Crippen LogP contribution in [0.15, 0.2) is 90.0 Å². The molecule has 1 aliphatic carbocycles. The molecule has 1 unspecified atom stereocenters. The normalized spacial score (nSPS) is 16.1. The molecule has 2 N–H and O–H groups in total. The molecule has 2 amide bonds. The number of benzene rings is 2. The van der Waals surface area contributed by atoms with Crippen LogP contribution >= 0.6 is 0 Å². The quantitative estimate of drug-likeness (QED) is 0.318. The maximum atomic E-state index is 13.4. The van der Waals surface area contributed by atoms with Gasteiger partial charge in [0.25, 0.3) is 0 Å². The van der Waals surface area contributed by atoms with Crippen molar-refractivity contribution in [2.24, 2.45) is 0 Å². The molecule has 39 heavy (non-hydrogen) atoms. The molecular weight excluding hydrogens is 492 g/mol. The van der Waals surface area contributed by atoms with Crippen molar-refractivity contribution < 1.29 is 9.59 Å². The number of nitrogens with one attached hydrogen (secondary N) is 2. The van der Waals surface area contributed by atoms with Crippen molar-refractivity contribution in [2.45, 2.75) is 31.7 Å². The van der Waals surface area contributed by atoms with Crippen LogP contribution in [0, 0.1) is 0 Å². The first-order chi connectivity index (χ1) is 19.0. The van der Waals surface area contributed by atoms with E-state index in [-0.39, 0.29) is 23.6 Å². The Morgan fingerprint density at radius 1 is 0.949 bits per heavy atom. The Balaban J connectivity index is 1.24. The molecule has 5 aromatic rings. The Bertz CT molecular complexity index is 1780. The zero-order chi connectivity index (χ0) is 27.0. The van der Waals surface area contributed by atoms with Gasteiger partial charge in [0.05, 0.1) is 11.0 Å². The average Bonchev–Trinajstić information content (AvgIpc) is 3.43. The molecule has 1 atom stereocenters. The summed E-state index contributed by atoms with van der Waals surface area (Å²) in [5.41, 5.74) is 4.72. The number of hydrogen-bond donors (Lipinski definition) is 2. The number of anilines is 2. The maximum Gasteiger partial charge on any atom is 0.335 e. The van der Waals surface area contributed by atoms with Crippen molar-refractivity contribution in [1.29, 1.82) is 0 Å². The summed E-state index contributed by atoms with van der Waals surface area (Å²) in [7, 11) is 0. The Morgan fingerprint density at radius 2 is 1.72 bits per heavy atom. The molecular formula is C30H26N6O3. The third kappa shape index (κ3) is 4.37. The molecule has 9 heteroatoms. The van der Waals surface area contributed by atoms with Gasteiger partial charge in [-0.15, -0.1) is 0 Å². The van der Waals surface area contributed by atoms with Crippen LogP contribution in [0.5, 0.6) is 0 Å². The van der Waals surface area contributed by atoms with Crippen molar-refractivity contribution >= 4 is 34.9 Å². The second-order valence-electron chi connectivity index (χ2n) is 9.99. The van der Waals surface area contributed by atoms with E-state index in [0.29, 0.717) is 34.8 Å². The van der Waals surface area contributed by atoms with Crippen LogP contribution in [0.25, 0.3) is 16.9 Å². The fourth-order valence-corrected chi connectivity index (χ4v) is 5.61. The number of rotatable bonds is 7. The van der Waals surface area contributed by atoms with Gasteiger partial charge in [0.15, 0.2) is 0 Å². The van der Waals surface area contributed by atoms with E-state index in [1.807, 2.05) is 60.7 Å². The molecule has 0 fully saturated rings. The van der Waals surface area contributed by atoms with Crippen LogP contribution in [0.1, 0.15) is 23.6 Å². The summed E-state index contributed by atoms with van der Waals surface area (Å²) in [5.74, 6) is 0.762. The second-order valence-corrected chi connectivity index (χ2v) is 9.99. The molecule has 6 rings (SSSR count). The van der Waals surface area contributed by atoms with Crippen molar-refractivity contribution in [3.63, 3.8) is 0 Å². The molecule has 2 aromatic carbocycles. The van der Waals surface area contributed by atoms with Crippen molar-refractivity contribution in [3.8, 4) is 5.82 Å². The molecule has 0 aliphatic heterocycles. The van der Waals surface area contributed by atoms with Gasteiger partial charge in [0.2, 0.25) is 12.3 Å². The first kappa shape index (κ1) is 24.3. The Kier molecular flexibility index (Phi) is 6.03. The standard InChI is InChI=1S/C30H26N6O3/c1-30(23-7-6-14-32-28(23)33-19-37)16-20-11-12-22(15-21(20)17-30)34-27(38)18-35-24-8-2-3-9-25(24)36(29(35)39)26-10-4-5-13-31-26/h2-15,19H,16-18H2,1H3,(H,34,38)(H,32,33,37). The Morgan fingerprint density at radius 3 is 2.51 bits per heavy atom. The third-order valence-corrected chi connectivity index (χ3v) is 7.32. The number of imidazole rings is 1. The summed E-state index contributed by atoms with van der Waals surface area (Å²) < 4.78 is 2.98. The van der Waals surface area contributed by atoms with Crippen LogP contribution in [-0.2, 0) is 34.4 Å². The van der Waals surface area contributed by atoms with E-state index in [0.717, 1.165) is 24.0 Å². The molecule has 0 saturated carbocycles. The molecule has 9 nitrogen and oxygen atoms in total. The number of amides is 2. The smallest absolute Gasteiger partial charge is 0.325 e. The fourth-order valence-electron chi connectivity index (χ4n) is 5.61. The number of hydrogen-bond acceptors (Lipinski definition) is 5. The molecule has 0 radical (unpaired) electrons. The van der Waals surface area contributed by atoms with Crippen molar-refractivity contribution in [2.75, 3.05) is 10.6 Å². The van der Waals surface area contributed by atoms with E-state index >= 15 is 0 Å². The van der Waals surface area contributed by atoms with E-state index in [4.69, 9.17) is 0 Å². The zero-order valence-electron chi connectivity index (χ0n) is 21.3. The minimum absolute atomic E-state index is 0.135. The lowest BCUT2D eigenvalue weighted by molar-refractivity contribution is -0.116. The van der Waals surface area contributed by atoms with Gasteiger partial charge in [-0.1, -0.05) is 37.3 Å². The number of aromatic nitrogens is 4. The van der Waals surface area contributed by atoms with E-state index in [2.05, 4.69) is 27.5 Å². The number of para-hydroxylation sites is 2. The lowest BCUT2D eigenvalue weighted by atomic mass is 9.80. The molecule has 0 bridgehead atoms. The van der Waals surface area contributed by atoms with Crippen molar-refractivity contribution in [3.05, 3.63) is 112 Å². The van der Waals surface area contributed by atoms with Crippen LogP contribution < -0.4 is 16.3 Å². The fraction of sp³-hybridized carbons (Fsp3) is 0.167. The minimum atomic E-state index is -0.328. The molecule has 3 heterocycles. The lowest BCUT2D eigenvalue weighted by Crippen LogP contribution is -2.29. The van der Waals surface area contributed by atoms with Gasteiger partial charge in [-0.2, -0.15) is 0 Å². The molecule has 3 aromatic heterocycles. The highest BCUT2D eigenvalue weighted by Gasteiger charge is 2.36. The molecule has 194 valence electrons. The zero-order valence-corrected chi connectivity index (χ0v) is 21.3. The van der Waals surface area contributed by atoms with E-state index in [9.17, 15) is 14.4 Å². The van der Waals surface area contributed by atoms with E-state index in [1.54, 1.807) is 24.5 Å². The summed E-state index contributed by atoms with van der Waals surface area (Å²) in [6.45, 7) is 2.02. The molecule has 0 spiro atoms. The van der Waals surface area contributed by atoms with Gasteiger partial charge in [-0.25, -0.2) is 19.3 Å². The number of carbonyl (C=O) groups is 2. The Labute approximate surface area is 224 Å². The van der Waals surface area contributed by atoms with Crippen LogP contribution in [0.3, 0.4) is 0 Å². The summed E-state index contributed by atoms with van der Waals surface area (Å²) in [6.07, 6.45) is 5.46. The van der Waals surface area contributed by atoms with E-state index < -0.39 is 0 Å². The topological polar surface area (TPSA) is 111 Å². The highest BCUT2D eigenvalue weighted by Crippen LogP contribution is 2.42. The summed E-state index contributed by atoms with van der Waals surface area (Å²) >= 11 is 0.